The van der Waals surface area contributed by atoms with E-state index in [1.54, 1.807) is 21.2 Å². The summed E-state index contributed by atoms with van der Waals surface area (Å²) in [6.07, 6.45) is 0. The maximum absolute atomic E-state index is 5.83. The fraction of sp³-hybridized carbons (Fsp3) is 0.136. The molecule has 0 aliphatic rings. The summed E-state index contributed by atoms with van der Waals surface area (Å²) < 4.78 is 7.56. The van der Waals surface area contributed by atoms with E-state index in [1.165, 1.54) is 0 Å². The van der Waals surface area contributed by atoms with E-state index in [1.807, 2.05) is 79.7 Å². The van der Waals surface area contributed by atoms with Crippen molar-refractivity contribution in [3.63, 3.8) is 0 Å². The highest BCUT2D eigenvalue weighted by molar-refractivity contribution is 7.98. The van der Waals surface area contributed by atoms with Gasteiger partial charge in [0.2, 0.25) is 5.16 Å². The molecule has 0 spiro atoms. The van der Waals surface area contributed by atoms with Crippen LogP contribution in [0.2, 0.25) is 0 Å². The summed E-state index contributed by atoms with van der Waals surface area (Å²) in [5.74, 6) is 1.43. The van der Waals surface area contributed by atoms with E-state index in [0.29, 0.717) is 12.4 Å². The number of aromatic nitrogens is 7. The van der Waals surface area contributed by atoms with Crippen LogP contribution in [0.5, 0.6) is 5.75 Å². The van der Waals surface area contributed by atoms with Gasteiger partial charge in [-0.2, -0.15) is 4.68 Å². The molecule has 0 fully saturated rings. The van der Waals surface area contributed by atoms with Crippen LogP contribution < -0.4 is 4.74 Å². The Kier molecular flexibility index (Phi) is 5.32. The van der Waals surface area contributed by atoms with Gasteiger partial charge < -0.3 is 4.74 Å². The molecule has 0 N–H and O–H groups in total. The van der Waals surface area contributed by atoms with Gasteiger partial charge in [0.1, 0.15) is 22.5 Å². The van der Waals surface area contributed by atoms with E-state index in [2.05, 4.69) is 25.7 Å². The molecular weight excluding hydrogens is 410 g/mol. The second kappa shape index (κ2) is 8.57. The molecule has 8 nitrogen and oxygen atoms in total. The lowest BCUT2D eigenvalue weighted by Gasteiger charge is -2.11. The molecule has 0 atom stereocenters. The monoisotopic (exact) mass is 429 g/mol. The molecule has 9 heteroatoms. The standard InChI is InChI=1S/C22H19N7OS/c1-2-30-21-13-12-16(14-20(21)29-24-18-10-6-7-11-19(18)25-29)15-31-22-23-26-27-28(22)17-8-4-3-5-9-17/h3-14H,2,15H2,1H3. The molecule has 0 aliphatic carbocycles. The van der Waals surface area contributed by atoms with Crippen LogP contribution in [-0.4, -0.2) is 41.8 Å². The number of rotatable bonds is 7. The van der Waals surface area contributed by atoms with Crippen LogP contribution in [0.25, 0.3) is 22.4 Å². The summed E-state index contributed by atoms with van der Waals surface area (Å²) in [4.78, 5) is 1.64. The van der Waals surface area contributed by atoms with Crippen LogP contribution >= 0.6 is 11.8 Å². The second-order valence-electron chi connectivity index (χ2n) is 6.71. The van der Waals surface area contributed by atoms with E-state index in [9.17, 15) is 0 Å². The third-order valence-electron chi connectivity index (χ3n) is 4.63. The lowest BCUT2D eigenvalue weighted by molar-refractivity contribution is 0.337. The van der Waals surface area contributed by atoms with Gasteiger partial charge in [-0.1, -0.05) is 48.2 Å². The van der Waals surface area contributed by atoms with E-state index >= 15 is 0 Å². The van der Waals surface area contributed by atoms with Crippen LogP contribution in [0.1, 0.15) is 12.5 Å². The van der Waals surface area contributed by atoms with Crippen molar-refractivity contribution in [2.45, 2.75) is 17.8 Å². The summed E-state index contributed by atoms with van der Waals surface area (Å²) >= 11 is 1.57. The summed E-state index contributed by atoms with van der Waals surface area (Å²) in [5.41, 5.74) is 4.50. The number of benzene rings is 3. The van der Waals surface area contributed by atoms with Crippen molar-refractivity contribution in [2.75, 3.05) is 6.61 Å². The number of para-hydroxylation sites is 1. The first kappa shape index (κ1) is 19.3. The Labute approximate surface area is 182 Å². The van der Waals surface area contributed by atoms with Gasteiger partial charge in [-0.15, -0.1) is 20.1 Å². The second-order valence-corrected chi connectivity index (χ2v) is 7.65. The summed E-state index contributed by atoms with van der Waals surface area (Å²) in [7, 11) is 0. The van der Waals surface area contributed by atoms with Gasteiger partial charge in [-0.3, -0.25) is 0 Å². The maximum atomic E-state index is 5.83. The Bertz CT molecular complexity index is 1280. The Morgan fingerprint density at radius 2 is 1.65 bits per heavy atom. The van der Waals surface area contributed by atoms with Gasteiger partial charge in [0.15, 0.2) is 0 Å². The zero-order chi connectivity index (χ0) is 21.0. The van der Waals surface area contributed by atoms with Crippen molar-refractivity contribution in [3.05, 3.63) is 78.4 Å². The number of ether oxygens (including phenoxy) is 1. The third kappa shape index (κ3) is 3.99. The number of thioether (sulfide) groups is 1. The molecule has 2 heterocycles. The predicted octanol–water partition coefficient (Wildman–Crippen LogP) is 4.09. The highest BCUT2D eigenvalue weighted by Crippen LogP contribution is 2.28. The average molecular weight is 430 g/mol. The number of tetrazole rings is 1. The minimum atomic E-state index is 0.563. The molecule has 31 heavy (non-hydrogen) atoms. The first-order chi connectivity index (χ1) is 15.3. The molecule has 0 bridgehead atoms. The highest BCUT2D eigenvalue weighted by Gasteiger charge is 2.13. The largest absolute Gasteiger partial charge is 0.492 e. The van der Waals surface area contributed by atoms with E-state index < -0.39 is 0 Å². The van der Waals surface area contributed by atoms with Crippen LogP contribution in [0.4, 0.5) is 0 Å². The van der Waals surface area contributed by atoms with Crippen LogP contribution in [0.3, 0.4) is 0 Å². The van der Waals surface area contributed by atoms with Crippen molar-refractivity contribution in [1.29, 1.82) is 0 Å². The minimum Gasteiger partial charge on any atom is -0.492 e. The predicted molar refractivity (Wildman–Crippen MR) is 119 cm³/mol. The quantitative estimate of drug-likeness (QED) is 0.360. The lowest BCUT2D eigenvalue weighted by atomic mass is 10.2. The molecule has 0 amide bonds. The van der Waals surface area contributed by atoms with Crippen LogP contribution in [0.15, 0.2) is 78.0 Å². The molecule has 0 radical (unpaired) electrons. The van der Waals surface area contributed by atoms with Gasteiger partial charge in [0.25, 0.3) is 0 Å². The molecule has 0 unspecified atom stereocenters. The fourth-order valence-corrected chi connectivity index (χ4v) is 4.04. The topological polar surface area (TPSA) is 83.5 Å². The molecular formula is C22H19N7OS. The van der Waals surface area contributed by atoms with Gasteiger partial charge in [0, 0.05) is 5.75 Å². The molecule has 0 saturated carbocycles. The van der Waals surface area contributed by atoms with Crippen LogP contribution in [0, 0.1) is 0 Å². The molecule has 5 aromatic rings. The first-order valence-corrected chi connectivity index (χ1v) is 10.8. The van der Waals surface area contributed by atoms with Gasteiger partial charge in [-0.25, -0.2) is 0 Å². The number of hydrogen-bond acceptors (Lipinski definition) is 7. The van der Waals surface area contributed by atoms with Gasteiger partial charge in [-0.05, 0) is 59.3 Å². The summed E-state index contributed by atoms with van der Waals surface area (Å²) in [5, 5.41) is 22.1. The first-order valence-electron chi connectivity index (χ1n) is 9.86. The van der Waals surface area contributed by atoms with Crippen molar-refractivity contribution in [2.24, 2.45) is 0 Å². The van der Waals surface area contributed by atoms with E-state index in [0.717, 1.165) is 38.9 Å². The zero-order valence-corrected chi connectivity index (χ0v) is 17.6. The highest BCUT2D eigenvalue weighted by atomic mass is 32.2. The van der Waals surface area contributed by atoms with Crippen LogP contribution in [-0.2, 0) is 5.75 Å². The Balaban J connectivity index is 1.43. The summed E-state index contributed by atoms with van der Waals surface area (Å²) in [6, 6.07) is 23.7. The van der Waals surface area contributed by atoms with Crippen molar-refractivity contribution in [3.8, 4) is 17.1 Å². The average Bonchev–Trinajstić information content (AvgIpc) is 3.46. The molecule has 0 aliphatic heterocycles. The lowest BCUT2D eigenvalue weighted by Crippen LogP contribution is -2.04. The van der Waals surface area contributed by atoms with Gasteiger partial charge in [0.05, 0.1) is 12.3 Å². The molecule has 154 valence electrons. The summed E-state index contributed by atoms with van der Waals surface area (Å²) in [6.45, 7) is 2.53. The van der Waals surface area contributed by atoms with Crippen molar-refractivity contribution >= 4 is 22.8 Å². The van der Waals surface area contributed by atoms with Crippen molar-refractivity contribution < 1.29 is 4.74 Å². The maximum Gasteiger partial charge on any atom is 0.214 e. The Hall–Kier alpha value is -3.72. The minimum absolute atomic E-state index is 0.563. The molecule has 5 rings (SSSR count). The zero-order valence-electron chi connectivity index (χ0n) is 16.8. The van der Waals surface area contributed by atoms with E-state index in [-0.39, 0.29) is 0 Å². The molecule has 2 aromatic heterocycles. The number of fused-ring (bicyclic) bond motifs is 1. The molecule has 3 aromatic carbocycles. The van der Waals surface area contributed by atoms with E-state index in [4.69, 9.17) is 4.74 Å². The van der Waals surface area contributed by atoms with Crippen molar-refractivity contribution in [1.82, 2.24) is 35.2 Å². The SMILES string of the molecule is CCOc1ccc(CSc2nnnn2-c2ccccc2)cc1-n1nc2ccccc2n1. The number of nitrogens with zero attached hydrogens (tertiary/aromatic N) is 7. The normalized spacial score (nSPS) is 11.1. The third-order valence-corrected chi connectivity index (χ3v) is 5.63. The fourth-order valence-electron chi connectivity index (χ4n) is 3.20. The smallest absolute Gasteiger partial charge is 0.214 e. The van der Waals surface area contributed by atoms with Gasteiger partial charge >= 0.3 is 0 Å². The number of hydrogen-bond donors (Lipinski definition) is 0. The molecule has 0 saturated heterocycles. The Morgan fingerprint density at radius 1 is 0.903 bits per heavy atom. The Morgan fingerprint density at radius 3 is 2.39 bits per heavy atom.